The Morgan fingerprint density at radius 2 is 1.93 bits per heavy atom. The van der Waals surface area contributed by atoms with Gasteiger partial charge in [-0.3, -0.25) is 0 Å². The van der Waals surface area contributed by atoms with Gasteiger partial charge in [0.1, 0.15) is 11.6 Å². The van der Waals surface area contributed by atoms with Crippen molar-refractivity contribution in [1.29, 1.82) is 0 Å². The molecule has 1 atom stereocenters. The van der Waals surface area contributed by atoms with Crippen molar-refractivity contribution in [3.63, 3.8) is 0 Å². The van der Waals surface area contributed by atoms with Crippen LogP contribution in [0.5, 0.6) is 0 Å². The summed E-state index contributed by atoms with van der Waals surface area (Å²) in [7, 11) is 1.66. The summed E-state index contributed by atoms with van der Waals surface area (Å²) in [5.41, 5.74) is 0.247. The van der Waals surface area contributed by atoms with Crippen LogP contribution in [0.25, 0.3) is 0 Å². The van der Waals surface area contributed by atoms with Gasteiger partial charge in [-0.25, -0.2) is 8.78 Å². The lowest BCUT2D eigenvalue weighted by Gasteiger charge is -2.12. The zero-order valence-electron chi connectivity index (χ0n) is 8.55. The molecule has 0 saturated carbocycles. The number of aliphatic hydroxyl groups excluding tert-OH is 1. The van der Waals surface area contributed by atoms with Crippen LogP contribution in [0.2, 0.25) is 0 Å². The van der Waals surface area contributed by atoms with Gasteiger partial charge in [-0.2, -0.15) is 0 Å². The highest BCUT2D eigenvalue weighted by atomic mass is 32.2. The minimum Gasteiger partial charge on any atom is -0.387 e. The summed E-state index contributed by atoms with van der Waals surface area (Å²) in [5.74, 6) is -1.26. The van der Waals surface area contributed by atoms with Crippen molar-refractivity contribution < 1.29 is 13.9 Å². The average Bonchev–Trinajstić information content (AvgIpc) is 2.17. The molecule has 0 aromatic heterocycles. The number of hydrogen-bond donors (Lipinski definition) is 2. The third kappa shape index (κ3) is 2.90. The minimum absolute atomic E-state index is 0.0181. The van der Waals surface area contributed by atoms with Crippen molar-refractivity contribution in [3.8, 4) is 0 Å². The third-order valence-corrected chi connectivity index (χ3v) is 2.81. The van der Waals surface area contributed by atoms with E-state index in [-0.39, 0.29) is 17.0 Å². The molecule has 0 radical (unpaired) electrons. The van der Waals surface area contributed by atoms with Crippen molar-refractivity contribution in [2.24, 2.45) is 0 Å². The average molecular weight is 233 g/mol. The van der Waals surface area contributed by atoms with Gasteiger partial charge < -0.3 is 10.4 Å². The maximum atomic E-state index is 13.3. The Bertz CT molecular complexity index is 323. The largest absolute Gasteiger partial charge is 0.387 e. The Morgan fingerprint density at radius 1 is 1.40 bits per heavy atom. The first-order chi connectivity index (χ1) is 7.10. The SMILES string of the molecule is CNCC(O)c1cc(F)c(SC)c(F)c1. The van der Waals surface area contributed by atoms with E-state index in [0.29, 0.717) is 0 Å². The van der Waals surface area contributed by atoms with E-state index in [2.05, 4.69) is 5.32 Å². The Morgan fingerprint density at radius 3 is 2.33 bits per heavy atom. The van der Waals surface area contributed by atoms with Crippen LogP contribution >= 0.6 is 11.8 Å². The van der Waals surface area contributed by atoms with Gasteiger partial charge in [-0.05, 0) is 31.0 Å². The molecule has 0 saturated heterocycles. The van der Waals surface area contributed by atoms with Crippen molar-refractivity contribution in [1.82, 2.24) is 5.32 Å². The summed E-state index contributed by atoms with van der Waals surface area (Å²) in [6.45, 7) is 0.261. The summed E-state index contributed by atoms with van der Waals surface area (Å²) in [4.78, 5) is -0.0181. The van der Waals surface area contributed by atoms with Gasteiger partial charge in [0.2, 0.25) is 0 Å². The van der Waals surface area contributed by atoms with Crippen LogP contribution in [-0.4, -0.2) is 25.0 Å². The molecule has 0 heterocycles. The zero-order valence-corrected chi connectivity index (χ0v) is 9.37. The monoisotopic (exact) mass is 233 g/mol. The number of hydrogen-bond acceptors (Lipinski definition) is 3. The molecular formula is C10H13F2NOS. The molecule has 2 nitrogen and oxygen atoms in total. The van der Waals surface area contributed by atoms with Crippen LogP contribution in [0.4, 0.5) is 8.78 Å². The first-order valence-electron chi connectivity index (χ1n) is 4.45. The Kier molecular flexibility index (Phi) is 4.50. The van der Waals surface area contributed by atoms with Crippen LogP contribution in [0.1, 0.15) is 11.7 Å². The number of rotatable bonds is 4. The van der Waals surface area contributed by atoms with Crippen LogP contribution in [0.3, 0.4) is 0 Å². The number of halogens is 2. The molecule has 1 aromatic rings. The summed E-state index contributed by atoms with van der Waals surface area (Å²) in [6.07, 6.45) is 0.709. The summed E-state index contributed by atoms with van der Waals surface area (Å²) < 4.78 is 26.6. The fourth-order valence-corrected chi connectivity index (χ4v) is 1.79. The molecule has 2 N–H and O–H groups in total. The molecule has 0 amide bonds. The second-order valence-electron chi connectivity index (χ2n) is 3.09. The lowest BCUT2D eigenvalue weighted by atomic mass is 10.1. The van der Waals surface area contributed by atoms with E-state index < -0.39 is 17.7 Å². The number of thioether (sulfide) groups is 1. The highest BCUT2D eigenvalue weighted by Crippen LogP contribution is 2.26. The van der Waals surface area contributed by atoms with Crippen molar-refractivity contribution in [3.05, 3.63) is 29.3 Å². The van der Waals surface area contributed by atoms with E-state index in [4.69, 9.17) is 0 Å². The van der Waals surface area contributed by atoms with Crippen molar-refractivity contribution in [2.75, 3.05) is 19.8 Å². The zero-order chi connectivity index (χ0) is 11.4. The van der Waals surface area contributed by atoms with Gasteiger partial charge in [0, 0.05) is 6.54 Å². The Hall–Kier alpha value is -0.650. The minimum atomic E-state index is -0.894. The molecule has 1 rings (SSSR count). The Labute approximate surface area is 91.7 Å². The van der Waals surface area contributed by atoms with E-state index in [1.165, 1.54) is 0 Å². The number of benzene rings is 1. The van der Waals surface area contributed by atoms with Gasteiger partial charge in [-0.15, -0.1) is 11.8 Å². The smallest absolute Gasteiger partial charge is 0.140 e. The number of nitrogens with one attached hydrogen (secondary N) is 1. The number of likely N-dealkylation sites (N-methyl/N-ethyl adjacent to an activating group) is 1. The Balaban J connectivity index is 3.02. The quantitative estimate of drug-likeness (QED) is 0.779. The highest BCUT2D eigenvalue weighted by molar-refractivity contribution is 7.98. The molecule has 15 heavy (non-hydrogen) atoms. The van der Waals surface area contributed by atoms with Gasteiger partial charge in [0.05, 0.1) is 11.0 Å². The fraction of sp³-hybridized carbons (Fsp3) is 0.400. The molecule has 1 unspecified atom stereocenters. The maximum Gasteiger partial charge on any atom is 0.140 e. The predicted octanol–water partition coefficient (Wildman–Crippen LogP) is 1.94. The second kappa shape index (κ2) is 5.44. The predicted molar refractivity (Wildman–Crippen MR) is 57.0 cm³/mol. The summed E-state index contributed by atoms with van der Waals surface area (Å²) in [5, 5.41) is 12.3. The van der Waals surface area contributed by atoms with E-state index >= 15 is 0 Å². The maximum absolute atomic E-state index is 13.3. The molecule has 0 aliphatic heterocycles. The summed E-state index contributed by atoms with van der Waals surface area (Å²) >= 11 is 1.01. The standard InChI is InChI=1S/C10H13F2NOS/c1-13-5-9(14)6-3-7(11)10(15-2)8(12)4-6/h3-4,9,13-14H,5H2,1-2H3. The molecule has 5 heteroatoms. The molecule has 0 spiro atoms. The van der Waals surface area contributed by atoms with E-state index in [0.717, 1.165) is 23.9 Å². The molecule has 0 aliphatic carbocycles. The molecule has 84 valence electrons. The van der Waals surface area contributed by atoms with E-state index in [1.807, 2.05) is 0 Å². The molecule has 0 fully saturated rings. The third-order valence-electron chi connectivity index (χ3n) is 2.01. The molecule has 1 aromatic carbocycles. The molecule has 0 bridgehead atoms. The van der Waals surface area contributed by atoms with Gasteiger partial charge in [0.25, 0.3) is 0 Å². The second-order valence-corrected chi connectivity index (χ2v) is 3.91. The first kappa shape index (κ1) is 12.4. The molecule has 0 aliphatic rings. The number of aliphatic hydroxyl groups is 1. The van der Waals surface area contributed by atoms with Crippen LogP contribution in [0, 0.1) is 11.6 Å². The van der Waals surface area contributed by atoms with Gasteiger partial charge >= 0.3 is 0 Å². The highest BCUT2D eigenvalue weighted by Gasteiger charge is 2.14. The topological polar surface area (TPSA) is 32.3 Å². The lowest BCUT2D eigenvalue weighted by molar-refractivity contribution is 0.176. The van der Waals surface area contributed by atoms with E-state index in [1.54, 1.807) is 13.3 Å². The van der Waals surface area contributed by atoms with Crippen LogP contribution < -0.4 is 5.32 Å². The lowest BCUT2D eigenvalue weighted by Crippen LogP contribution is -2.17. The fourth-order valence-electron chi connectivity index (χ4n) is 1.28. The first-order valence-corrected chi connectivity index (χ1v) is 5.68. The van der Waals surface area contributed by atoms with Crippen molar-refractivity contribution >= 4 is 11.8 Å². The van der Waals surface area contributed by atoms with Gasteiger partial charge in [0.15, 0.2) is 0 Å². The van der Waals surface area contributed by atoms with Crippen LogP contribution in [0.15, 0.2) is 17.0 Å². The van der Waals surface area contributed by atoms with Crippen LogP contribution in [-0.2, 0) is 0 Å². The van der Waals surface area contributed by atoms with Gasteiger partial charge in [-0.1, -0.05) is 0 Å². The van der Waals surface area contributed by atoms with E-state index in [9.17, 15) is 13.9 Å². The normalized spacial score (nSPS) is 12.9. The molecular weight excluding hydrogens is 220 g/mol. The summed E-state index contributed by atoms with van der Waals surface area (Å²) in [6, 6.07) is 2.33. The van der Waals surface area contributed by atoms with Crippen molar-refractivity contribution in [2.45, 2.75) is 11.0 Å².